The van der Waals surface area contributed by atoms with Gasteiger partial charge in [-0.05, 0) is 37.4 Å². The van der Waals surface area contributed by atoms with Crippen LogP contribution in [0.1, 0.15) is 30.1 Å². The first-order chi connectivity index (χ1) is 11.7. The second kappa shape index (κ2) is 8.88. The molecule has 1 aliphatic heterocycles. The highest BCUT2D eigenvalue weighted by atomic mass is 79.9. The van der Waals surface area contributed by atoms with Gasteiger partial charge in [0.2, 0.25) is 0 Å². The molecule has 4 nitrogen and oxygen atoms in total. The number of nitrogens with one attached hydrogen (secondary N) is 1. The number of carbonyl (C=O) groups excluding carboxylic acids is 1. The summed E-state index contributed by atoms with van der Waals surface area (Å²) < 4.78 is 6.46. The van der Waals surface area contributed by atoms with Crippen molar-refractivity contribution < 1.29 is 9.53 Å². The Balaban J connectivity index is 0.00000225. The lowest BCUT2D eigenvalue weighted by Gasteiger charge is -2.23. The fourth-order valence-electron chi connectivity index (χ4n) is 3.54. The van der Waals surface area contributed by atoms with Crippen LogP contribution >= 0.6 is 28.3 Å². The fraction of sp³-hybridized carbons (Fsp3) is 0.421. The molecule has 0 saturated carbocycles. The second-order valence-electron chi connectivity index (χ2n) is 6.12. The maximum atomic E-state index is 12.7. The summed E-state index contributed by atoms with van der Waals surface area (Å²) in [6, 6.07) is 10.2. The molecule has 2 aromatic carbocycles. The molecule has 25 heavy (non-hydrogen) atoms. The van der Waals surface area contributed by atoms with Gasteiger partial charge in [-0.1, -0.05) is 47.1 Å². The van der Waals surface area contributed by atoms with Crippen LogP contribution in [0.2, 0.25) is 0 Å². The van der Waals surface area contributed by atoms with Crippen molar-refractivity contribution in [1.82, 2.24) is 10.2 Å². The Bertz CT molecular complexity index is 754. The molecule has 136 valence electrons. The number of likely N-dealkylation sites (N-methyl/N-ethyl adjacent to an activating group) is 1. The van der Waals surface area contributed by atoms with E-state index in [-0.39, 0.29) is 18.3 Å². The Labute approximate surface area is 163 Å². The molecular weight excluding hydrogens is 404 g/mol. The Hall–Kier alpha value is -1.30. The highest BCUT2D eigenvalue weighted by molar-refractivity contribution is 9.10. The second-order valence-corrected chi connectivity index (χ2v) is 6.97. The molecule has 3 rings (SSSR count). The molecule has 0 spiro atoms. The largest absolute Gasteiger partial charge is 0.495 e. The molecule has 1 atom stereocenters. The van der Waals surface area contributed by atoms with Crippen LogP contribution in [0.4, 0.5) is 0 Å². The number of likely N-dealkylation sites (tertiary alicyclic amines) is 1. The van der Waals surface area contributed by atoms with E-state index in [2.05, 4.69) is 33.1 Å². The molecule has 1 saturated heterocycles. The van der Waals surface area contributed by atoms with E-state index in [0.29, 0.717) is 23.9 Å². The third-order valence-electron chi connectivity index (χ3n) is 4.80. The maximum absolute atomic E-state index is 12.7. The SMILES string of the molecule is CCN1CCCC1CNC(=O)c1cc(Br)c2ccccc2c1OC.Cl. The van der Waals surface area contributed by atoms with Crippen molar-refractivity contribution in [2.24, 2.45) is 0 Å². The molecule has 1 heterocycles. The van der Waals surface area contributed by atoms with Gasteiger partial charge in [0, 0.05) is 22.4 Å². The third kappa shape index (κ3) is 4.10. The number of fused-ring (bicyclic) bond motifs is 1. The number of nitrogens with zero attached hydrogens (tertiary/aromatic N) is 1. The van der Waals surface area contributed by atoms with E-state index in [9.17, 15) is 4.79 Å². The summed E-state index contributed by atoms with van der Waals surface area (Å²) in [6.45, 7) is 5.01. The number of carbonyl (C=O) groups is 1. The van der Waals surface area contributed by atoms with Crippen molar-refractivity contribution in [3.8, 4) is 5.75 Å². The van der Waals surface area contributed by atoms with Crippen LogP contribution in [-0.2, 0) is 0 Å². The van der Waals surface area contributed by atoms with Gasteiger partial charge in [-0.3, -0.25) is 9.69 Å². The third-order valence-corrected chi connectivity index (χ3v) is 5.45. The molecule has 6 heteroatoms. The van der Waals surface area contributed by atoms with E-state index >= 15 is 0 Å². The molecule has 0 radical (unpaired) electrons. The molecule has 0 aliphatic carbocycles. The van der Waals surface area contributed by atoms with E-state index in [1.54, 1.807) is 7.11 Å². The van der Waals surface area contributed by atoms with Crippen molar-refractivity contribution in [3.05, 3.63) is 40.4 Å². The summed E-state index contributed by atoms with van der Waals surface area (Å²) in [5.74, 6) is 0.548. The summed E-state index contributed by atoms with van der Waals surface area (Å²) in [6.07, 6.45) is 2.35. The Morgan fingerprint density at radius 1 is 1.36 bits per heavy atom. The van der Waals surface area contributed by atoms with Gasteiger partial charge < -0.3 is 10.1 Å². The monoisotopic (exact) mass is 426 g/mol. The predicted molar refractivity (Wildman–Crippen MR) is 108 cm³/mol. The van der Waals surface area contributed by atoms with Gasteiger partial charge in [-0.25, -0.2) is 0 Å². The van der Waals surface area contributed by atoms with Crippen LogP contribution in [-0.4, -0.2) is 43.6 Å². The van der Waals surface area contributed by atoms with Crippen molar-refractivity contribution in [1.29, 1.82) is 0 Å². The first kappa shape index (κ1) is 20.0. The molecular formula is C19H24BrClN2O2. The van der Waals surface area contributed by atoms with Gasteiger partial charge in [0.1, 0.15) is 5.75 Å². The first-order valence-corrected chi connectivity index (χ1v) is 9.22. The lowest BCUT2D eigenvalue weighted by Crippen LogP contribution is -2.40. The number of methoxy groups -OCH3 is 1. The molecule has 0 aromatic heterocycles. The number of hydrogen-bond acceptors (Lipinski definition) is 3. The summed E-state index contributed by atoms with van der Waals surface area (Å²) in [5, 5.41) is 5.07. The van der Waals surface area contributed by atoms with Crippen molar-refractivity contribution in [2.75, 3.05) is 26.7 Å². The van der Waals surface area contributed by atoms with Gasteiger partial charge in [0.25, 0.3) is 5.91 Å². The molecule has 1 N–H and O–H groups in total. The average Bonchev–Trinajstić information content (AvgIpc) is 3.07. The minimum atomic E-state index is -0.0822. The summed E-state index contributed by atoms with van der Waals surface area (Å²) in [5.41, 5.74) is 0.573. The van der Waals surface area contributed by atoms with Crippen LogP contribution in [0.15, 0.2) is 34.8 Å². The van der Waals surface area contributed by atoms with Crippen molar-refractivity contribution >= 4 is 45.0 Å². The molecule has 1 unspecified atom stereocenters. The minimum absolute atomic E-state index is 0. The number of rotatable bonds is 5. The van der Waals surface area contributed by atoms with Crippen molar-refractivity contribution in [3.63, 3.8) is 0 Å². The quantitative estimate of drug-likeness (QED) is 0.776. The lowest BCUT2D eigenvalue weighted by molar-refractivity contribution is 0.0938. The van der Waals surface area contributed by atoms with E-state index in [1.165, 1.54) is 6.42 Å². The molecule has 1 amide bonds. The standard InChI is InChI=1S/C19H23BrN2O2.ClH/c1-3-22-10-6-7-13(22)12-21-19(23)16-11-17(20)14-8-4-5-9-15(14)18(16)24-2;/h4-5,8-9,11,13H,3,6-7,10,12H2,1-2H3,(H,21,23);1H. The van der Waals surface area contributed by atoms with Crippen LogP contribution in [0.25, 0.3) is 10.8 Å². The van der Waals surface area contributed by atoms with Gasteiger partial charge in [0.05, 0.1) is 12.7 Å². The van der Waals surface area contributed by atoms with Crippen LogP contribution < -0.4 is 10.1 Å². The van der Waals surface area contributed by atoms with Crippen LogP contribution in [0.3, 0.4) is 0 Å². The number of halogens is 2. The predicted octanol–water partition coefficient (Wildman–Crippen LogP) is 4.25. The zero-order chi connectivity index (χ0) is 17.1. The van der Waals surface area contributed by atoms with E-state index in [4.69, 9.17) is 4.74 Å². The van der Waals surface area contributed by atoms with Crippen molar-refractivity contribution in [2.45, 2.75) is 25.8 Å². The zero-order valence-electron chi connectivity index (χ0n) is 14.5. The van der Waals surface area contributed by atoms with Gasteiger partial charge in [0.15, 0.2) is 0 Å². The smallest absolute Gasteiger partial charge is 0.255 e. The van der Waals surface area contributed by atoms with Gasteiger partial charge in [-0.2, -0.15) is 0 Å². The van der Waals surface area contributed by atoms with E-state index < -0.39 is 0 Å². The van der Waals surface area contributed by atoms with Gasteiger partial charge >= 0.3 is 0 Å². The van der Waals surface area contributed by atoms with E-state index in [0.717, 1.165) is 34.8 Å². The minimum Gasteiger partial charge on any atom is -0.495 e. The molecule has 2 aromatic rings. The van der Waals surface area contributed by atoms with E-state index in [1.807, 2.05) is 30.3 Å². The summed E-state index contributed by atoms with van der Waals surface area (Å²) in [4.78, 5) is 15.2. The fourth-order valence-corrected chi connectivity index (χ4v) is 4.12. The molecule has 0 bridgehead atoms. The normalized spacial score (nSPS) is 17.3. The Morgan fingerprint density at radius 3 is 2.76 bits per heavy atom. The highest BCUT2D eigenvalue weighted by Crippen LogP contribution is 2.35. The number of ether oxygens (including phenoxy) is 1. The molecule has 1 fully saturated rings. The first-order valence-electron chi connectivity index (χ1n) is 8.43. The van der Waals surface area contributed by atoms with Crippen LogP contribution in [0.5, 0.6) is 5.75 Å². The maximum Gasteiger partial charge on any atom is 0.255 e. The Kier molecular flexibility index (Phi) is 7.11. The average molecular weight is 428 g/mol. The lowest BCUT2D eigenvalue weighted by atomic mass is 10.0. The number of benzene rings is 2. The van der Waals surface area contributed by atoms with Crippen LogP contribution in [0, 0.1) is 0 Å². The van der Waals surface area contributed by atoms with Gasteiger partial charge in [-0.15, -0.1) is 12.4 Å². The highest BCUT2D eigenvalue weighted by Gasteiger charge is 2.24. The zero-order valence-corrected chi connectivity index (χ0v) is 17.0. The number of hydrogen-bond donors (Lipinski definition) is 1. The number of amides is 1. The summed E-state index contributed by atoms with van der Waals surface area (Å²) >= 11 is 3.57. The molecule has 1 aliphatic rings. The Morgan fingerprint density at radius 2 is 2.08 bits per heavy atom. The summed E-state index contributed by atoms with van der Waals surface area (Å²) in [7, 11) is 1.61. The topological polar surface area (TPSA) is 41.6 Å².